The zero-order valence-electron chi connectivity index (χ0n) is 11.7. The van der Waals surface area contributed by atoms with Gasteiger partial charge in [-0.05, 0) is 12.8 Å². The monoisotopic (exact) mass is 265 g/mol. The van der Waals surface area contributed by atoms with Gasteiger partial charge in [0.1, 0.15) is 11.4 Å². The summed E-state index contributed by atoms with van der Waals surface area (Å²) >= 11 is 0. The lowest BCUT2D eigenvalue weighted by Crippen LogP contribution is -2.38. The van der Waals surface area contributed by atoms with Crippen molar-refractivity contribution >= 4 is 0 Å². The van der Waals surface area contributed by atoms with Crippen LogP contribution < -0.4 is 0 Å². The smallest absolute Gasteiger partial charge is 0.165 e. The third-order valence-electron chi connectivity index (χ3n) is 4.46. The summed E-state index contributed by atoms with van der Waals surface area (Å²) < 4.78 is 13.6. The minimum atomic E-state index is -0.289. The number of methoxy groups -OCH3 is 1. The summed E-state index contributed by atoms with van der Waals surface area (Å²) in [4.78, 5) is 0. The molecule has 0 unspecified atom stereocenters. The predicted molar refractivity (Wildman–Crippen MR) is 70.9 cm³/mol. The summed E-state index contributed by atoms with van der Waals surface area (Å²) in [6, 6.07) is 0. The number of hydrogen-bond acceptors (Lipinski definition) is 4. The number of aryl methyl sites for hydroxylation is 1. The van der Waals surface area contributed by atoms with E-state index in [4.69, 9.17) is 9.47 Å². The Labute approximate surface area is 114 Å². The number of aromatic nitrogens is 3. The molecular formula is C14H23N3O2. The van der Waals surface area contributed by atoms with Gasteiger partial charge in [0.15, 0.2) is 5.82 Å². The lowest BCUT2D eigenvalue weighted by molar-refractivity contribution is -0.102. The van der Waals surface area contributed by atoms with Crippen LogP contribution in [0.25, 0.3) is 0 Å². The van der Waals surface area contributed by atoms with Gasteiger partial charge in [-0.1, -0.05) is 12.8 Å². The summed E-state index contributed by atoms with van der Waals surface area (Å²) in [7, 11) is 1.79. The van der Waals surface area contributed by atoms with E-state index < -0.39 is 0 Å². The van der Waals surface area contributed by atoms with Crippen LogP contribution in [-0.2, 0) is 28.0 Å². The van der Waals surface area contributed by atoms with Crippen molar-refractivity contribution in [2.45, 2.75) is 57.1 Å². The third kappa shape index (κ3) is 2.41. The van der Waals surface area contributed by atoms with E-state index in [1.165, 1.54) is 25.7 Å². The van der Waals surface area contributed by atoms with E-state index in [1.807, 2.05) is 0 Å². The van der Waals surface area contributed by atoms with Gasteiger partial charge in [-0.25, -0.2) is 0 Å². The third-order valence-corrected chi connectivity index (χ3v) is 4.46. The highest BCUT2D eigenvalue weighted by Crippen LogP contribution is 2.35. The molecule has 5 heteroatoms. The SMILES string of the molecule is COC1(c2nnc3n2CCCCCC3)CCOCC1. The van der Waals surface area contributed by atoms with Crippen molar-refractivity contribution in [3.63, 3.8) is 0 Å². The van der Waals surface area contributed by atoms with Crippen molar-refractivity contribution in [1.29, 1.82) is 0 Å². The van der Waals surface area contributed by atoms with Crippen molar-refractivity contribution in [1.82, 2.24) is 14.8 Å². The molecule has 0 saturated carbocycles. The van der Waals surface area contributed by atoms with E-state index in [9.17, 15) is 0 Å². The highest BCUT2D eigenvalue weighted by atomic mass is 16.5. The van der Waals surface area contributed by atoms with Crippen molar-refractivity contribution < 1.29 is 9.47 Å². The van der Waals surface area contributed by atoms with Crippen LogP contribution in [0.5, 0.6) is 0 Å². The molecule has 0 aromatic carbocycles. The van der Waals surface area contributed by atoms with Crippen molar-refractivity contribution in [2.24, 2.45) is 0 Å². The molecule has 0 aliphatic carbocycles. The Morgan fingerprint density at radius 3 is 2.68 bits per heavy atom. The number of ether oxygens (including phenoxy) is 2. The Balaban J connectivity index is 1.94. The predicted octanol–water partition coefficient (Wildman–Crippen LogP) is 2.05. The fraction of sp³-hybridized carbons (Fsp3) is 0.857. The van der Waals surface area contributed by atoms with Crippen LogP contribution in [0.1, 0.15) is 50.2 Å². The van der Waals surface area contributed by atoms with Crippen molar-refractivity contribution in [2.75, 3.05) is 20.3 Å². The van der Waals surface area contributed by atoms with Crippen molar-refractivity contribution in [3.8, 4) is 0 Å². The first-order valence-corrected chi connectivity index (χ1v) is 7.41. The molecule has 0 amide bonds. The highest BCUT2D eigenvalue weighted by molar-refractivity contribution is 5.08. The topological polar surface area (TPSA) is 49.2 Å². The summed E-state index contributed by atoms with van der Waals surface area (Å²) in [5.74, 6) is 2.16. The first-order chi connectivity index (χ1) is 9.36. The summed E-state index contributed by atoms with van der Waals surface area (Å²) in [5.41, 5.74) is -0.289. The van der Waals surface area contributed by atoms with Crippen LogP contribution in [0.4, 0.5) is 0 Å². The fourth-order valence-corrected chi connectivity index (χ4v) is 3.22. The maximum atomic E-state index is 5.86. The largest absolute Gasteiger partial charge is 0.381 e. The molecule has 1 saturated heterocycles. The average Bonchev–Trinajstić information content (AvgIpc) is 2.82. The van der Waals surface area contributed by atoms with Crippen LogP contribution in [-0.4, -0.2) is 35.1 Å². The van der Waals surface area contributed by atoms with E-state index in [0.717, 1.165) is 50.7 Å². The van der Waals surface area contributed by atoms with E-state index >= 15 is 0 Å². The van der Waals surface area contributed by atoms with E-state index in [2.05, 4.69) is 14.8 Å². The molecule has 1 aromatic rings. The molecule has 1 fully saturated rings. The maximum Gasteiger partial charge on any atom is 0.165 e. The molecule has 19 heavy (non-hydrogen) atoms. The first-order valence-electron chi connectivity index (χ1n) is 7.41. The second-order valence-corrected chi connectivity index (χ2v) is 5.57. The minimum Gasteiger partial charge on any atom is -0.381 e. The van der Waals surface area contributed by atoms with Gasteiger partial charge in [0, 0.05) is 46.1 Å². The van der Waals surface area contributed by atoms with E-state index in [1.54, 1.807) is 7.11 Å². The van der Waals surface area contributed by atoms with Gasteiger partial charge in [-0.2, -0.15) is 0 Å². The van der Waals surface area contributed by atoms with Gasteiger partial charge >= 0.3 is 0 Å². The van der Waals surface area contributed by atoms with Gasteiger partial charge in [-0.15, -0.1) is 10.2 Å². The number of rotatable bonds is 2. The molecule has 2 aliphatic heterocycles. The Morgan fingerprint density at radius 2 is 1.89 bits per heavy atom. The fourth-order valence-electron chi connectivity index (χ4n) is 3.22. The van der Waals surface area contributed by atoms with E-state index in [0.29, 0.717) is 0 Å². The molecule has 5 nitrogen and oxygen atoms in total. The van der Waals surface area contributed by atoms with Gasteiger partial charge in [0.2, 0.25) is 0 Å². The number of nitrogens with zero attached hydrogens (tertiary/aromatic N) is 3. The summed E-state index contributed by atoms with van der Waals surface area (Å²) in [6.45, 7) is 2.52. The normalized spacial score (nSPS) is 23.4. The molecule has 0 bridgehead atoms. The molecule has 0 spiro atoms. The van der Waals surface area contributed by atoms with Crippen LogP contribution in [0, 0.1) is 0 Å². The Hall–Kier alpha value is -0.940. The van der Waals surface area contributed by atoms with Gasteiger partial charge in [0.25, 0.3) is 0 Å². The van der Waals surface area contributed by atoms with Crippen LogP contribution in [0.2, 0.25) is 0 Å². The standard InChI is InChI=1S/C14H23N3O2/c1-18-14(7-10-19-11-8-14)13-16-15-12-6-4-2-3-5-9-17(12)13/h2-11H2,1H3. The summed E-state index contributed by atoms with van der Waals surface area (Å²) in [6.07, 6.45) is 7.85. The van der Waals surface area contributed by atoms with Crippen LogP contribution in [0.3, 0.4) is 0 Å². The molecule has 1 aromatic heterocycles. The van der Waals surface area contributed by atoms with Crippen LogP contribution in [0.15, 0.2) is 0 Å². The van der Waals surface area contributed by atoms with Crippen LogP contribution >= 0.6 is 0 Å². The average molecular weight is 265 g/mol. The molecule has 0 atom stereocenters. The zero-order chi connectivity index (χ0) is 13.1. The maximum absolute atomic E-state index is 5.86. The number of hydrogen-bond donors (Lipinski definition) is 0. The second kappa shape index (κ2) is 5.59. The molecular weight excluding hydrogens is 242 g/mol. The quantitative estimate of drug-likeness (QED) is 0.821. The lowest BCUT2D eigenvalue weighted by Gasteiger charge is -2.35. The number of fused-ring (bicyclic) bond motifs is 1. The summed E-state index contributed by atoms with van der Waals surface area (Å²) in [5, 5.41) is 8.90. The molecule has 2 aliphatic rings. The first kappa shape index (κ1) is 13.1. The Kier molecular flexibility index (Phi) is 3.84. The minimum absolute atomic E-state index is 0.289. The van der Waals surface area contributed by atoms with Crippen molar-refractivity contribution in [3.05, 3.63) is 11.6 Å². The molecule has 3 heterocycles. The highest BCUT2D eigenvalue weighted by Gasteiger charge is 2.39. The lowest BCUT2D eigenvalue weighted by atomic mass is 9.92. The molecule has 0 radical (unpaired) electrons. The van der Waals surface area contributed by atoms with E-state index in [-0.39, 0.29) is 5.60 Å². The molecule has 106 valence electrons. The molecule has 3 rings (SSSR count). The second-order valence-electron chi connectivity index (χ2n) is 5.57. The molecule has 0 N–H and O–H groups in total. The Bertz CT molecular complexity index is 424. The Morgan fingerprint density at radius 1 is 1.11 bits per heavy atom. The van der Waals surface area contributed by atoms with Gasteiger partial charge < -0.3 is 14.0 Å². The van der Waals surface area contributed by atoms with Gasteiger partial charge in [-0.3, -0.25) is 0 Å². The zero-order valence-corrected chi connectivity index (χ0v) is 11.7. The van der Waals surface area contributed by atoms with Gasteiger partial charge in [0.05, 0.1) is 0 Å².